The second-order valence-corrected chi connectivity index (χ2v) is 4.02. The van der Waals surface area contributed by atoms with Gasteiger partial charge in [-0.15, -0.1) is 0 Å². The lowest BCUT2D eigenvalue weighted by Gasteiger charge is -2.08. The fraction of sp³-hybridized carbons (Fsp3) is 0.0833. The van der Waals surface area contributed by atoms with Crippen molar-refractivity contribution in [2.24, 2.45) is 0 Å². The summed E-state index contributed by atoms with van der Waals surface area (Å²) in [7, 11) is 1.67. The van der Waals surface area contributed by atoms with Crippen LogP contribution in [0.15, 0.2) is 30.7 Å². The molecule has 0 atom stereocenters. The smallest absolute Gasteiger partial charge is 0.257 e. The summed E-state index contributed by atoms with van der Waals surface area (Å²) in [4.78, 5) is 19.6. The molecule has 0 aromatic carbocycles. The summed E-state index contributed by atoms with van der Waals surface area (Å²) in [6, 6.07) is 2.85. The number of pyridine rings is 2. The normalized spacial score (nSPS) is 10.1. The molecule has 0 saturated heterocycles. The molecule has 0 fully saturated rings. The van der Waals surface area contributed by atoms with Gasteiger partial charge in [-0.2, -0.15) is 0 Å². The van der Waals surface area contributed by atoms with E-state index >= 15 is 0 Å². The minimum atomic E-state index is -0.616. The van der Waals surface area contributed by atoms with Gasteiger partial charge in [-0.25, -0.2) is 9.37 Å². The van der Waals surface area contributed by atoms with Crippen molar-refractivity contribution in [2.75, 3.05) is 17.7 Å². The molecule has 0 aliphatic rings. The van der Waals surface area contributed by atoms with Gasteiger partial charge in [0.2, 0.25) is 0 Å². The highest BCUT2D eigenvalue weighted by molar-refractivity contribution is 6.34. The topological polar surface area (TPSA) is 66.9 Å². The standard InChI is InChI=1S/C12H10ClFN4O/c1-15-11-4-7(8(13)5-17-11)12(19)18-10-2-3-16-6-9(10)14/h2-6H,1H3,(H,15,17)(H,16,18,19). The third-order valence-electron chi connectivity index (χ3n) is 2.38. The van der Waals surface area contributed by atoms with Crippen molar-refractivity contribution < 1.29 is 9.18 Å². The third kappa shape index (κ3) is 2.97. The molecule has 2 aromatic rings. The molecule has 5 nitrogen and oxygen atoms in total. The molecule has 1 amide bonds. The lowest BCUT2D eigenvalue weighted by molar-refractivity contribution is 0.102. The Hall–Kier alpha value is -2.21. The van der Waals surface area contributed by atoms with E-state index in [4.69, 9.17) is 11.6 Å². The maximum atomic E-state index is 13.4. The first-order valence-electron chi connectivity index (χ1n) is 5.36. The fourth-order valence-electron chi connectivity index (χ4n) is 1.42. The zero-order chi connectivity index (χ0) is 13.8. The molecule has 0 bridgehead atoms. The Kier molecular flexibility index (Phi) is 3.91. The molecule has 2 aromatic heterocycles. The number of halogens is 2. The molecule has 0 unspecified atom stereocenters. The van der Waals surface area contributed by atoms with E-state index in [0.29, 0.717) is 5.82 Å². The van der Waals surface area contributed by atoms with Gasteiger partial charge in [0, 0.05) is 19.4 Å². The van der Waals surface area contributed by atoms with E-state index in [0.717, 1.165) is 6.20 Å². The van der Waals surface area contributed by atoms with Crippen LogP contribution >= 0.6 is 11.6 Å². The monoisotopic (exact) mass is 280 g/mol. The molecule has 0 spiro atoms. The van der Waals surface area contributed by atoms with Crippen LogP contribution in [0.4, 0.5) is 15.9 Å². The summed E-state index contributed by atoms with van der Waals surface area (Å²) >= 11 is 5.90. The van der Waals surface area contributed by atoms with Gasteiger partial charge in [-0.05, 0) is 12.1 Å². The van der Waals surface area contributed by atoms with Gasteiger partial charge in [0.15, 0.2) is 5.82 Å². The van der Waals surface area contributed by atoms with Gasteiger partial charge >= 0.3 is 0 Å². The first kappa shape index (κ1) is 13.2. The van der Waals surface area contributed by atoms with Crippen LogP contribution in [0.1, 0.15) is 10.4 Å². The van der Waals surface area contributed by atoms with Gasteiger partial charge in [-0.3, -0.25) is 9.78 Å². The number of carbonyl (C=O) groups is 1. The average Bonchev–Trinajstić information content (AvgIpc) is 2.42. The summed E-state index contributed by atoms with van der Waals surface area (Å²) in [5.41, 5.74) is 0.246. The van der Waals surface area contributed by atoms with Crippen molar-refractivity contribution in [3.05, 3.63) is 47.1 Å². The number of nitrogens with zero attached hydrogens (tertiary/aromatic N) is 2. The van der Waals surface area contributed by atoms with Gasteiger partial charge < -0.3 is 10.6 Å². The van der Waals surface area contributed by atoms with Gasteiger partial charge in [-0.1, -0.05) is 11.6 Å². The van der Waals surface area contributed by atoms with E-state index in [1.165, 1.54) is 24.5 Å². The first-order chi connectivity index (χ1) is 9.11. The van der Waals surface area contributed by atoms with Crippen molar-refractivity contribution >= 4 is 29.0 Å². The Morgan fingerprint density at radius 3 is 2.89 bits per heavy atom. The number of rotatable bonds is 3. The quantitative estimate of drug-likeness (QED) is 0.907. The predicted octanol–water partition coefficient (Wildman–Crippen LogP) is 2.56. The maximum Gasteiger partial charge on any atom is 0.257 e. The molecule has 2 rings (SSSR count). The average molecular weight is 281 g/mol. The molecule has 19 heavy (non-hydrogen) atoms. The van der Waals surface area contributed by atoms with Crippen molar-refractivity contribution in [1.29, 1.82) is 0 Å². The van der Waals surface area contributed by atoms with Gasteiger partial charge in [0.1, 0.15) is 5.82 Å². The molecular formula is C12H10ClFN4O. The summed E-state index contributed by atoms with van der Waals surface area (Å²) in [6.07, 6.45) is 3.75. The highest BCUT2D eigenvalue weighted by Crippen LogP contribution is 2.20. The van der Waals surface area contributed by atoms with E-state index in [1.54, 1.807) is 7.05 Å². The number of nitrogens with one attached hydrogen (secondary N) is 2. The molecule has 0 aliphatic heterocycles. The van der Waals surface area contributed by atoms with E-state index < -0.39 is 11.7 Å². The van der Waals surface area contributed by atoms with Crippen molar-refractivity contribution in [2.45, 2.75) is 0 Å². The Morgan fingerprint density at radius 1 is 1.42 bits per heavy atom. The predicted molar refractivity (Wildman–Crippen MR) is 70.9 cm³/mol. The van der Waals surface area contributed by atoms with Crippen LogP contribution in [0, 0.1) is 5.82 Å². The van der Waals surface area contributed by atoms with E-state index in [1.807, 2.05) is 0 Å². The number of anilines is 2. The fourth-order valence-corrected chi connectivity index (χ4v) is 1.60. The van der Waals surface area contributed by atoms with E-state index in [9.17, 15) is 9.18 Å². The zero-order valence-corrected chi connectivity index (χ0v) is 10.7. The van der Waals surface area contributed by atoms with Gasteiger partial charge in [0.25, 0.3) is 5.91 Å². The van der Waals surface area contributed by atoms with Gasteiger partial charge in [0.05, 0.1) is 22.5 Å². The number of amides is 1. The van der Waals surface area contributed by atoms with Crippen LogP contribution in [0.2, 0.25) is 5.02 Å². The van der Waals surface area contributed by atoms with Crippen LogP contribution in [0.5, 0.6) is 0 Å². The molecule has 2 N–H and O–H groups in total. The molecule has 98 valence electrons. The second kappa shape index (κ2) is 5.62. The minimum Gasteiger partial charge on any atom is -0.373 e. The van der Waals surface area contributed by atoms with Crippen LogP contribution < -0.4 is 10.6 Å². The van der Waals surface area contributed by atoms with Crippen LogP contribution in [0.3, 0.4) is 0 Å². The van der Waals surface area contributed by atoms with E-state index in [2.05, 4.69) is 20.6 Å². The van der Waals surface area contributed by atoms with E-state index in [-0.39, 0.29) is 16.3 Å². The Balaban J connectivity index is 2.28. The Labute approximate surface area is 113 Å². The summed E-state index contributed by atoms with van der Waals surface area (Å²) in [5, 5.41) is 5.40. The lowest BCUT2D eigenvalue weighted by Crippen LogP contribution is -2.14. The summed E-state index contributed by atoms with van der Waals surface area (Å²) < 4.78 is 13.4. The zero-order valence-electron chi connectivity index (χ0n) is 9.95. The SMILES string of the molecule is CNc1cc(C(=O)Nc2ccncc2F)c(Cl)cn1. The number of hydrogen-bond acceptors (Lipinski definition) is 4. The summed E-state index contributed by atoms with van der Waals surface area (Å²) in [5.74, 6) is -0.645. The number of hydrogen-bond donors (Lipinski definition) is 2. The molecule has 0 radical (unpaired) electrons. The molecule has 7 heteroatoms. The number of carbonyl (C=O) groups excluding carboxylic acids is 1. The third-order valence-corrected chi connectivity index (χ3v) is 2.68. The molecule has 0 aliphatic carbocycles. The minimum absolute atomic E-state index is 0.0406. The Bertz CT molecular complexity index is 620. The highest BCUT2D eigenvalue weighted by Gasteiger charge is 2.13. The lowest BCUT2D eigenvalue weighted by atomic mass is 10.2. The first-order valence-corrected chi connectivity index (χ1v) is 5.73. The maximum absolute atomic E-state index is 13.4. The van der Waals surface area contributed by atoms with Crippen molar-refractivity contribution in [3.63, 3.8) is 0 Å². The Morgan fingerprint density at radius 2 is 2.21 bits per heavy atom. The van der Waals surface area contributed by atoms with Crippen LogP contribution in [-0.2, 0) is 0 Å². The molecule has 0 saturated carbocycles. The van der Waals surface area contributed by atoms with Crippen molar-refractivity contribution in [1.82, 2.24) is 9.97 Å². The largest absolute Gasteiger partial charge is 0.373 e. The highest BCUT2D eigenvalue weighted by atomic mass is 35.5. The molecule has 2 heterocycles. The van der Waals surface area contributed by atoms with Crippen molar-refractivity contribution in [3.8, 4) is 0 Å². The number of aromatic nitrogens is 2. The summed E-state index contributed by atoms with van der Waals surface area (Å²) in [6.45, 7) is 0. The van der Waals surface area contributed by atoms with Crippen LogP contribution in [0.25, 0.3) is 0 Å². The van der Waals surface area contributed by atoms with Crippen LogP contribution in [-0.4, -0.2) is 22.9 Å². The molecular weight excluding hydrogens is 271 g/mol. The second-order valence-electron chi connectivity index (χ2n) is 3.61.